The highest BCUT2D eigenvalue weighted by Gasteiger charge is 2.39. The van der Waals surface area contributed by atoms with Gasteiger partial charge in [-0.2, -0.15) is 28.4 Å². The van der Waals surface area contributed by atoms with Crippen LogP contribution in [0.3, 0.4) is 0 Å². The fraction of sp³-hybridized carbons (Fsp3) is 0.208. The Morgan fingerprint density at radius 1 is 1.12 bits per heavy atom. The first-order valence-electron chi connectivity index (χ1n) is 11.8. The zero-order valence-electron chi connectivity index (χ0n) is 20.2. The summed E-state index contributed by atoms with van der Waals surface area (Å²) >= 11 is 0. The van der Waals surface area contributed by atoms with Crippen molar-refractivity contribution in [3.8, 4) is 16.8 Å². The Hall–Kier alpha value is -4.96. The summed E-state index contributed by atoms with van der Waals surface area (Å²) in [5.74, 6) is -0.727. The maximum absolute atomic E-state index is 13.3. The van der Waals surface area contributed by atoms with Crippen LogP contribution < -0.4 is 10.5 Å². The number of aliphatic hydroxyl groups is 1. The van der Waals surface area contributed by atoms with Crippen LogP contribution in [0.15, 0.2) is 59.9 Å². The van der Waals surface area contributed by atoms with Gasteiger partial charge in [0.2, 0.25) is 0 Å². The number of benzene rings is 1. The lowest BCUT2D eigenvalue weighted by Crippen LogP contribution is -2.50. The SMILES string of the molecule is O=C1C(C(O)c2nc(=O)c3cc(-c4cn[nH]c4)ccc3[nH]2)OCCN1c1ccn(-c2cnnc(C(F)(F)F)c2)n1. The molecule has 5 aromatic rings. The number of carbonyl (C=O) groups is 1. The lowest BCUT2D eigenvalue weighted by atomic mass is 10.1. The molecule has 1 aliphatic rings. The minimum absolute atomic E-state index is 0.0141. The summed E-state index contributed by atoms with van der Waals surface area (Å²) < 4.78 is 45.7. The van der Waals surface area contributed by atoms with Gasteiger partial charge in [-0.05, 0) is 23.8 Å². The lowest BCUT2D eigenvalue weighted by Gasteiger charge is -2.32. The Morgan fingerprint density at radius 2 is 1.98 bits per heavy atom. The van der Waals surface area contributed by atoms with Crippen LogP contribution in [0, 0.1) is 0 Å². The maximum Gasteiger partial charge on any atom is 0.435 e. The Labute approximate surface area is 221 Å². The first-order chi connectivity index (χ1) is 19.2. The molecule has 5 heterocycles. The van der Waals surface area contributed by atoms with Gasteiger partial charge >= 0.3 is 6.18 Å². The third-order valence-electron chi connectivity index (χ3n) is 6.30. The van der Waals surface area contributed by atoms with Gasteiger partial charge in [0.1, 0.15) is 11.9 Å². The highest BCUT2D eigenvalue weighted by Crippen LogP contribution is 2.29. The Bertz CT molecular complexity index is 1770. The summed E-state index contributed by atoms with van der Waals surface area (Å²) in [5, 5.41) is 28.5. The molecule has 1 aromatic carbocycles. The van der Waals surface area contributed by atoms with E-state index in [0.717, 1.165) is 28.1 Å². The molecule has 0 saturated carbocycles. The summed E-state index contributed by atoms with van der Waals surface area (Å²) in [4.78, 5) is 34.2. The number of aromatic nitrogens is 8. The molecule has 1 aliphatic heterocycles. The van der Waals surface area contributed by atoms with E-state index in [4.69, 9.17) is 4.74 Å². The van der Waals surface area contributed by atoms with Gasteiger partial charge < -0.3 is 14.8 Å². The third kappa shape index (κ3) is 4.58. The first kappa shape index (κ1) is 25.3. The quantitative estimate of drug-likeness (QED) is 0.294. The highest BCUT2D eigenvalue weighted by atomic mass is 19.4. The molecule has 0 radical (unpaired) electrons. The minimum atomic E-state index is -4.69. The van der Waals surface area contributed by atoms with Gasteiger partial charge in [0.05, 0.1) is 42.1 Å². The average molecular weight is 553 g/mol. The number of hydrogen-bond donors (Lipinski definition) is 3. The molecule has 1 saturated heterocycles. The van der Waals surface area contributed by atoms with Crippen molar-refractivity contribution in [2.45, 2.75) is 18.4 Å². The number of hydrogen-bond acceptors (Lipinski definition) is 9. The number of halogens is 3. The highest BCUT2D eigenvalue weighted by molar-refractivity contribution is 5.97. The van der Waals surface area contributed by atoms with Gasteiger partial charge in [0.25, 0.3) is 11.5 Å². The summed E-state index contributed by atoms with van der Waals surface area (Å²) in [6.45, 7) is 0.0845. The van der Waals surface area contributed by atoms with E-state index < -0.39 is 35.5 Å². The van der Waals surface area contributed by atoms with Crippen LogP contribution in [0.5, 0.6) is 0 Å². The number of amides is 1. The summed E-state index contributed by atoms with van der Waals surface area (Å²) in [6.07, 6.45) is -2.00. The second kappa shape index (κ2) is 9.65. The van der Waals surface area contributed by atoms with Crippen molar-refractivity contribution in [2.75, 3.05) is 18.1 Å². The number of ether oxygens (including phenoxy) is 1. The minimum Gasteiger partial charge on any atom is -0.382 e. The maximum atomic E-state index is 13.3. The number of nitrogens with one attached hydrogen (secondary N) is 2. The van der Waals surface area contributed by atoms with Crippen molar-refractivity contribution in [3.63, 3.8) is 0 Å². The van der Waals surface area contributed by atoms with Gasteiger partial charge in [0.15, 0.2) is 17.6 Å². The molecule has 6 rings (SSSR count). The van der Waals surface area contributed by atoms with Crippen LogP contribution in [0.4, 0.5) is 19.0 Å². The lowest BCUT2D eigenvalue weighted by molar-refractivity contribution is -0.143. The first-order valence-corrected chi connectivity index (χ1v) is 11.8. The fourth-order valence-electron chi connectivity index (χ4n) is 4.32. The van der Waals surface area contributed by atoms with Crippen LogP contribution in [0.1, 0.15) is 17.6 Å². The molecule has 2 atom stereocenters. The molecule has 4 aromatic heterocycles. The Kier molecular flexibility index (Phi) is 6.11. The number of aromatic amines is 2. The number of carbonyl (C=O) groups excluding carboxylic acids is 1. The predicted molar refractivity (Wildman–Crippen MR) is 131 cm³/mol. The molecule has 3 N–H and O–H groups in total. The number of morpholine rings is 1. The molecule has 0 spiro atoms. The number of alkyl halides is 3. The van der Waals surface area contributed by atoms with Crippen molar-refractivity contribution in [1.29, 1.82) is 0 Å². The summed E-state index contributed by atoms with van der Waals surface area (Å²) in [7, 11) is 0. The van der Waals surface area contributed by atoms with Crippen LogP contribution >= 0.6 is 0 Å². The molecular formula is C24H18F3N9O4. The molecule has 1 fully saturated rings. The largest absolute Gasteiger partial charge is 0.435 e. The van der Waals surface area contributed by atoms with E-state index in [1.54, 1.807) is 30.6 Å². The number of aliphatic hydroxyl groups excluding tert-OH is 1. The van der Waals surface area contributed by atoms with Crippen molar-refractivity contribution in [1.82, 2.24) is 40.1 Å². The van der Waals surface area contributed by atoms with Crippen molar-refractivity contribution < 1.29 is 27.8 Å². The molecule has 0 aliphatic carbocycles. The monoisotopic (exact) mass is 553 g/mol. The molecule has 2 unspecified atom stereocenters. The van der Waals surface area contributed by atoms with E-state index in [0.29, 0.717) is 5.52 Å². The number of rotatable bonds is 5. The average Bonchev–Trinajstić information content (AvgIpc) is 3.66. The Balaban J connectivity index is 1.25. The molecule has 0 bridgehead atoms. The van der Waals surface area contributed by atoms with Crippen LogP contribution in [0.2, 0.25) is 0 Å². The van der Waals surface area contributed by atoms with Crippen LogP contribution in [0.25, 0.3) is 27.7 Å². The second-order valence-corrected chi connectivity index (χ2v) is 8.82. The smallest absolute Gasteiger partial charge is 0.382 e. The molecule has 204 valence electrons. The van der Waals surface area contributed by atoms with Gasteiger partial charge in [-0.1, -0.05) is 6.07 Å². The van der Waals surface area contributed by atoms with Crippen molar-refractivity contribution in [2.24, 2.45) is 0 Å². The van der Waals surface area contributed by atoms with E-state index in [1.165, 1.54) is 17.2 Å². The normalized spacial score (nSPS) is 16.9. The number of anilines is 1. The number of fused-ring (bicyclic) bond motifs is 1. The predicted octanol–water partition coefficient (Wildman–Crippen LogP) is 1.77. The zero-order chi connectivity index (χ0) is 28.0. The van der Waals surface area contributed by atoms with Gasteiger partial charge in [-0.25, -0.2) is 4.68 Å². The molecule has 40 heavy (non-hydrogen) atoms. The summed E-state index contributed by atoms with van der Waals surface area (Å²) in [6, 6.07) is 7.25. The molecule has 16 heteroatoms. The third-order valence-corrected chi connectivity index (χ3v) is 6.30. The Morgan fingerprint density at radius 3 is 2.75 bits per heavy atom. The fourth-order valence-corrected chi connectivity index (χ4v) is 4.32. The standard InChI is InChI=1S/C24H18F3N9O4/c25-24(26,27)17-8-14(11-30-33-17)36-4-3-18(34-36)35-5-6-40-20(23(35)39)19(37)21-31-16-2-1-12(13-9-28-29-10-13)7-15(16)22(38)32-21/h1-4,7-11,19-20,37H,5-6H2,(H,28,29)(H,31,32,38). The van der Waals surface area contributed by atoms with Crippen molar-refractivity contribution in [3.05, 3.63) is 77.0 Å². The topological polar surface area (TPSA) is 168 Å². The molecule has 1 amide bonds. The van der Waals surface area contributed by atoms with Gasteiger partial charge in [-0.3, -0.25) is 19.6 Å². The van der Waals surface area contributed by atoms with E-state index >= 15 is 0 Å². The van der Waals surface area contributed by atoms with E-state index in [-0.39, 0.29) is 35.9 Å². The van der Waals surface area contributed by atoms with E-state index in [9.17, 15) is 27.9 Å². The van der Waals surface area contributed by atoms with E-state index in [2.05, 4.69) is 35.5 Å². The van der Waals surface area contributed by atoms with Gasteiger partial charge in [-0.15, -0.1) is 10.2 Å². The second-order valence-electron chi connectivity index (χ2n) is 8.82. The van der Waals surface area contributed by atoms with Crippen molar-refractivity contribution >= 4 is 22.6 Å². The van der Waals surface area contributed by atoms with Crippen LogP contribution in [-0.4, -0.2) is 70.4 Å². The van der Waals surface area contributed by atoms with Crippen LogP contribution in [-0.2, 0) is 15.7 Å². The molecule has 13 nitrogen and oxygen atoms in total. The number of nitrogens with zero attached hydrogens (tertiary/aromatic N) is 7. The molecular weight excluding hydrogens is 535 g/mol. The number of H-pyrrole nitrogens is 2. The van der Waals surface area contributed by atoms with Gasteiger partial charge in [0, 0.05) is 24.0 Å². The zero-order valence-corrected chi connectivity index (χ0v) is 20.2. The van der Waals surface area contributed by atoms with E-state index in [1.807, 2.05) is 0 Å². The summed E-state index contributed by atoms with van der Waals surface area (Å²) in [5.41, 5.74) is 0.0811.